The molecule has 3 heterocycles. The summed E-state index contributed by atoms with van der Waals surface area (Å²) in [6.45, 7) is 5.19. The van der Waals surface area contributed by atoms with Crippen LogP contribution < -0.4 is 5.32 Å². The van der Waals surface area contributed by atoms with Crippen LogP contribution in [0.1, 0.15) is 28.1 Å². The van der Waals surface area contributed by atoms with E-state index in [9.17, 15) is 4.79 Å². The standard InChI is InChI=1S/C30H28N6O/c1-22-16-23(2)35(33-22)20-25-9-6-8-24(17-25)18-32-29(37)14-13-27-21-36(28-11-4-3-5-12-28)34-30(27)26-10-7-15-31-19-26/h3-17,19,21H,18,20H2,1-2H3,(H,32,37). The van der Waals surface area contributed by atoms with Crippen LogP contribution in [0.3, 0.4) is 0 Å². The molecule has 7 nitrogen and oxygen atoms in total. The summed E-state index contributed by atoms with van der Waals surface area (Å²) in [5.74, 6) is -0.173. The second-order valence-corrected chi connectivity index (χ2v) is 8.91. The van der Waals surface area contributed by atoms with Crippen molar-refractivity contribution < 1.29 is 4.79 Å². The Morgan fingerprint density at radius 2 is 1.78 bits per heavy atom. The van der Waals surface area contributed by atoms with Gasteiger partial charge in [-0.25, -0.2) is 4.68 Å². The Kier molecular flexibility index (Phi) is 7.03. The normalized spacial score (nSPS) is 11.2. The molecule has 0 unspecified atom stereocenters. The Morgan fingerprint density at radius 1 is 0.946 bits per heavy atom. The number of benzene rings is 2. The highest BCUT2D eigenvalue weighted by Crippen LogP contribution is 2.24. The van der Waals surface area contributed by atoms with E-state index in [-0.39, 0.29) is 5.91 Å². The first kappa shape index (κ1) is 23.9. The minimum atomic E-state index is -0.173. The number of hydrogen-bond acceptors (Lipinski definition) is 4. The smallest absolute Gasteiger partial charge is 0.244 e. The number of pyridine rings is 1. The number of para-hydroxylation sites is 1. The minimum absolute atomic E-state index is 0.173. The summed E-state index contributed by atoms with van der Waals surface area (Å²) in [7, 11) is 0. The molecule has 1 N–H and O–H groups in total. The summed E-state index contributed by atoms with van der Waals surface area (Å²) in [4.78, 5) is 16.9. The van der Waals surface area contributed by atoms with E-state index < -0.39 is 0 Å². The predicted octanol–water partition coefficient (Wildman–Crippen LogP) is 5.13. The molecule has 1 amide bonds. The maximum absolute atomic E-state index is 12.7. The Bertz CT molecular complexity index is 1530. The summed E-state index contributed by atoms with van der Waals surface area (Å²) in [6, 6.07) is 24.0. The van der Waals surface area contributed by atoms with E-state index in [1.54, 1.807) is 24.5 Å². The molecule has 0 aliphatic heterocycles. The maximum Gasteiger partial charge on any atom is 0.244 e. The number of rotatable bonds is 8. The number of hydrogen-bond donors (Lipinski definition) is 1. The first-order valence-electron chi connectivity index (χ1n) is 12.2. The van der Waals surface area contributed by atoms with Crippen molar-refractivity contribution in [3.8, 4) is 16.9 Å². The molecular weight excluding hydrogens is 460 g/mol. The van der Waals surface area contributed by atoms with Crippen LogP contribution in [0.4, 0.5) is 0 Å². The monoisotopic (exact) mass is 488 g/mol. The van der Waals surface area contributed by atoms with Crippen molar-refractivity contribution in [2.75, 3.05) is 0 Å². The molecule has 0 spiro atoms. The van der Waals surface area contributed by atoms with Crippen LogP contribution in [0.5, 0.6) is 0 Å². The van der Waals surface area contributed by atoms with Gasteiger partial charge < -0.3 is 5.32 Å². The fourth-order valence-corrected chi connectivity index (χ4v) is 4.21. The first-order valence-corrected chi connectivity index (χ1v) is 12.2. The van der Waals surface area contributed by atoms with Crippen LogP contribution in [0.15, 0.2) is 97.5 Å². The van der Waals surface area contributed by atoms with Crippen molar-refractivity contribution in [3.63, 3.8) is 0 Å². The Balaban J connectivity index is 1.28. The average molecular weight is 489 g/mol. The molecule has 0 saturated carbocycles. The van der Waals surface area contributed by atoms with Crippen molar-refractivity contribution in [1.29, 1.82) is 0 Å². The Morgan fingerprint density at radius 3 is 2.54 bits per heavy atom. The van der Waals surface area contributed by atoms with Gasteiger partial charge in [0, 0.05) is 48.0 Å². The van der Waals surface area contributed by atoms with Crippen molar-refractivity contribution in [1.82, 2.24) is 29.9 Å². The predicted molar refractivity (Wildman–Crippen MR) is 145 cm³/mol. The van der Waals surface area contributed by atoms with Crippen molar-refractivity contribution in [3.05, 3.63) is 126 Å². The van der Waals surface area contributed by atoms with Crippen molar-refractivity contribution >= 4 is 12.0 Å². The molecule has 37 heavy (non-hydrogen) atoms. The Hall–Kier alpha value is -4.78. The quantitative estimate of drug-likeness (QED) is 0.307. The lowest BCUT2D eigenvalue weighted by Crippen LogP contribution is -2.20. The molecule has 0 radical (unpaired) electrons. The molecule has 0 bridgehead atoms. The number of aromatic nitrogens is 5. The van der Waals surface area contributed by atoms with Gasteiger partial charge >= 0.3 is 0 Å². The van der Waals surface area contributed by atoms with Gasteiger partial charge in [-0.3, -0.25) is 14.5 Å². The average Bonchev–Trinajstić information content (AvgIpc) is 3.49. The van der Waals surface area contributed by atoms with Gasteiger partial charge in [0.25, 0.3) is 0 Å². The number of nitrogens with zero attached hydrogens (tertiary/aromatic N) is 5. The van der Waals surface area contributed by atoms with Crippen LogP contribution >= 0.6 is 0 Å². The first-order chi connectivity index (χ1) is 18.0. The molecular formula is C30H28N6O. The van der Waals surface area contributed by atoms with Gasteiger partial charge in [0.15, 0.2) is 0 Å². The lowest BCUT2D eigenvalue weighted by molar-refractivity contribution is -0.116. The number of nitrogens with one attached hydrogen (secondary N) is 1. The van der Waals surface area contributed by atoms with E-state index in [1.165, 1.54) is 0 Å². The number of amides is 1. The Labute approximate surface area is 216 Å². The van der Waals surface area contributed by atoms with Gasteiger partial charge in [0.05, 0.1) is 17.9 Å². The molecule has 0 atom stereocenters. The zero-order valence-corrected chi connectivity index (χ0v) is 20.9. The molecule has 5 aromatic rings. The third kappa shape index (κ3) is 5.90. The lowest BCUT2D eigenvalue weighted by Gasteiger charge is -2.08. The molecule has 0 saturated heterocycles. The molecule has 184 valence electrons. The topological polar surface area (TPSA) is 77.6 Å². The lowest BCUT2D eigenvalue weighted by atomic mass is 10.1. The third-order valence-electron chi connectivity index (χ3n) is 6.01. The van der Waals surface area contributed by atoms with E-state index in [4.69, 9.17) is 5.10 Å². The zero-order chi connectivity index (χ0) is 25.6. The van der Waals surface area contributed by atoms with Crippen LogP contribution in [0.25, 0.3) is 23.0 Å². The van der Waals surface area contributed by atoms with Crippen LogP contribution in [-0.4, -0.2) is 30.5 Å². The highest BCUT2D eigenvalue weighted by atomic mass is 16.1. The third-order valence-corrected chi connectivity index (χ3v) is 6.01. The van der Waals surface area contributed by atoms with Crippen LogP contribution in [0, 0.1) is 13.8 Å². The van der Waals surface area contributed by atoms with E-state index in [0.717, 1.165) is 45.0 Å². The molecule has 5 rings (SSSR count). The highest BCUT2D eigenvalue weighted by molar-refractivity contribution is 5.92. The van der Waals surface area contributed by atoms with Gasteiger partial charge in [0.2, 0.25) is 5.91 Å². The van der Waals surface area contributed by atoms with Crippen LogP contribution in [0.2, 0.25) is 0 Å². The van der Waals surface area contributed by atoms with Gasteiger partial charge in [-0.15, -0.1) is 0 Å². The van der Waals surface area contributed by atoms with Gasteiger partial charge in [-0.1, -0.05) is 42.5 Å². The summed E-state index contributed by atoms with van der Waals surface area (Å²) in [5, 5.41) is 12.3. The zero-order valence-electron chi connectivity index (χ0n) is 20.9. The largest absolute Gasteiger partial charge is 0.348 e. The van der Waals surface area contributed by atoms with Crippen molar-refractivity contribution in [2.24, 2.45) is 0 Å². The van der Waals surface area contributed by atoms with Gasteiger partial charge in [-0.2, -0.15) is 10.2 Å². The van der Waals surface area contributed by atoms with E-state index in [2.05, 4.69) is 40.5 Å². The molecule has 3 aromatic heterocycles. The second-order valence-electron chi connectivity index (χ2n) is 8.91. The van der Waals surface area contributed by atoms with E-state index in [1.807, 2.05) is 77.1 Å². The summed E-state index contributed by atoms with van der Waals surface area (Å²) in [5.41, 5.74) is 7.73. The number of carbonyl (C=O) groups is 1. The fraction of sp³-hybridized carbons (Fsp3) is 0.133. The SMILES string of the molecule is Cc1cc(C)n(Cc2cccc(CNC(=O)C=Cc3cn(-c4ccccc4)nc3-c3cccnc3)c2)n1. The fourth-order valence-electron chi connectivity index (χ4n) is 4.21. The summed E-state index contributed by atoms with van der Waals surface area (Å²) >= 11 is 0. The number of carbonyl (C=O) groups excluding carboxylic acids is 1. The number of aryl methyl sites for hydroxylation is 2. The van der Waals surface area contributed by atoms with Gasteiger partial charge in [0.1, 0.15) is 5.69 Å². The summed E-state index contributed by atoms with van der Waals surface area (Å²) < 4.78 is 3.80. The molecule has 0 aliphatic rings. The minimum Gasteiger partial charge on any atom is -0.348 e. The highest BCUT2D eigenvalue weighted by Gasteiger charge is 2.11. The van der Waals surface area contributed by atoms with Gasteiger partial charge in [-0.05, 0) is 61.4 Å². The summed E-state index contributed by atoms with van der Waals surface area (Å²) in [6.07, 6.45) is 8.76. The maximum atomic E-state index is 12.7. The van der Waals surface area contributed by atoms with E-state index in [0.29, 0.717) is 13.1 Å². The van der Waals surface area contributed by atoms with Crippen molar-refractivity contribution in [2.45, 2.75) is 26.9 Å². The second kappa shape index (κ2) is 10.9. The molecule has 2 aromatic carbocycles. The molecule has 0 aliphatic carbocycles. The van der Waals surface area contributed by atoms with E-state index >= 15 is 0 Å². The van der Waals surface area contributed by atoms with Crippen LogP contribution in [-0.2, 0) is 17.9 Å². The molecule has 0 fully saturated rings. The molecule has 7 heteroatoms.